The molecule has 0 aromatic carbocycles. The molecule has 0 radical (unpaired) electrons. The number of fused-ring (bicyclic) bond motifs is 1. The van der Waals surface area contributed by atoms with Crippen LogP contribution >= 0.6 is 11.3 Å². The van der Waals surface area contributed by atoms with Gasteiger partial charge in [-0.2, -0.15) is 0 Å². The second-order valence-corrected chi connectivity index (χ2v) is 6.71. The first-order valence-corrected chi connectivity index (χ1v) is 8.21. The van der Waals surface area contributed by atoms with E-state index in [1.165, 1.54) is 17.1 Å². The average molecular weight is 298 g/mol. The van der Waals surface area contributed by atoms with E-state index in [9.17, 15) is 0 Å². The van der Waals surface area contributed by atoms with Crippen LogP contribution in [0.2, 0.25) is 0 Å². The molecule has 1 aliphatic rings. The van der Waals surface area contributed by atoms with E-state index in [2.05, 4.69) is 39.0 Å². The molecule has 0 unspecified atom stereocenters. The number of aromatic nitrogens is 3. The molecule has 4 heterocycles. The van der Waals surface area contributed by atoms with Crippen LogP contribution in [0.3, 0.4) is 0 Å². The van der Waals surface area contributed by atoms with Crippen molar-refractivity contribution in [2.24, 2.45) is 7.05 Å². The Bertz CT molecular complexity index is 747. The van der Waals surface area contributed by atoms with E-state index in [0.29, 0.717) is 5.92 Å². The van der Waals surface area contributed by atoms with E-state index in [1.807, 2.05) is 29.7 Å². The Labute approximate surface area is 128 Å². The lowest BCUT2D eigenvalue weighted by molar-refractivity contribution is 0.328. The summed E-state index contributed by atoms with van der Waals surface area (Å²) in [5.41, 5.74) is 2.00. The van der Waals surface area contributed by atoms with Crippen molar-refractivity contribution in [2.75, 3.05) is 13.1 Å². The van der Waals surface area contributed by atoms with E-state index in [-0.39, 0.29) is 0 Å². The van der Waals surface area contributed by atoms with E-state index in [0.717, 1.165) is 30.8 Å². The highest BCUT2D eigenvalue weighted by atomic mass is 32.1. The first-order chi connectivity index (χ1) is 10.3. The maximum atomic E-state index is 4.80. The van der Waals surface area contributed by atoms with Crippen molar-refractivity contribution < 1.29 is 0 Å². The third-order valence-corrected chi connectivity index (χ3v) is 5.12. The van der Waals surface area contributed by atoms with Crippen molar-refractivity contribution in [3.8, 4) is 0 Å². The number of imidazole rings is 1. The Morgan fingerprint density at radius 1 is 1.33 bits per heavy atom. The standard InChI is InChI=1S/C16H18N4S/c1-19-15(18-14-5-2-7-17-16(14)19)12-6-8-20(10-12)11-13-4-3-9-21-13/h2-5,7,9,12H,6,8,10-11H2,1H3/t12-/m1/s1. The number of pyridine rings is 1. The van der Waals surface area contributed by atoms with Crippen LogP contribution in [-0.4, -0.2) is 32.5 Å². The second kappa shape index (κ2) is 5.24. The molecule has 1 saturated heterocycles. The molecule has 0 N–H and O–H groups in total. The van der Waals surface area contributed by atoms with Gasteiger partial charge in [0.1, 0.15) is 11.3 Å². The van der Waals surface area contributed by atoms with Crippen LogP contribution in [0.25, 0.3) is 11.2 Å². The summed E-state index contributed by atoms with van der Waals surface area (Å²) in [6, 6.07) is 8.35. The van der Waals surface area contributed by atoms with E-state index in [1.54, 1.807) is 0 Å². The lowest BCUT2D eigenvalue weighted by Gasteiger charge is -2.14. The number of likely N-dealkylation sites (tertiary alicyclic amines) is 1. The fraction of sp³-hybridized carbons (Fsp3) is 0.375. The Hall–Kier alpha value is -1.72. The molecule has 108 valence electrons. The average Bonchev–Trinajstić information content (AvgIpc) is 3.21. The quantitative estimate of drug-likeness (QED) is 0.745. The number of hydrogen-bond acceptors (Lipinski definition) is 4. The molecule has 1 atom stereocenters. The van der Waals surface area contributed by atoms with Gasteiger partial charge in [-0.1, -0.05) is 6.07 Å². The van der Waals surface area contributed by atoms with E-state index >= 15 is 0 Å². The minimum atomic E-state index is 0.518. The Balaban J connectivity index is 1.55. The van der Waals surface area contributed by atoms with Crippen molar-refractivity contribution in [3.63, 3.8) is 0 Å². The van der Waals surface area contributed by atoms with Crippen molar-refractivity contribution in [2.45, 2.75) is 18.9 Å². The molecular weight excluding hydrogens is 280 g/mol. The summed E-state index contributed by atoms with van der Waals surface area (Å²) in [5.74, 6) is 1.70. The van der Waals surface area contributed by atoms with Crippen molar-refractivity contribution in [1.82, 2.24) is 19.4 Å². The summed E-state index contributed by atoms with van der Waals surface area (Å²) in [6.45, 7) is 3.31. The Morgan fingerprint density at radius 3 is 3.10 bits per heavy atom. The van der Waals surface area contributed by atoms with Crippen molar-refractivity contribution in [3.05, 3.63) is 46.5 Å². The van der Waals surface area contributed by atoms with E-state index in [4.69, 9.17) is 4.98 Å². The molecule has 0 saturated carbocycles. The van der Waals surface area contributed by atoms with Gasteiger partial charge in [0, 0.05) is 37.1 Å². The molecule has 1 aliphatic heterocycles. The summed E-state index contributed by atoms with van der Waals surface area (Å²) in [7, 11) is 2.08. The molecule has 0 aliphatic carbocycles. The molecule has 4 nitrogen and oxygen atoms in total. The monoisotopic (exact) mass is 298 g/mol. The zero-order valence-corrected chi connectivity index (χ0v) is 12.9. The van der Waals surface area contributed by atoms with Gasteiger partial charge in [-0.15, -0.1) is 11.3 Å². The van der Waals surface area contributed by atoms with Gasteiger partial charge < -0.3 is 4.57 Å². The molecule has 5 heteroatoms. The smallest absolute Gasteiger partial charge is 0.159 e. The largest absolute Gasteiger partial charge is 0.316 e. The van der Waals surface area contributed by atoms with Crippen LogP contribution in [0.4, 0.5) is 0 Å². The topological polar surface area (TPSA) is 34.0 Å². The van der Waals surface area contributed by atoms with Gasteiger partial charge in [0.25, 0.3) is 0 Å². The highest BCUT2D eigenvalue weighted by molar-refractivity contribution is 7.09. The summed E-state index contributed by atoms with van der Waals surface area (Å²) in [4.78, 5) is 13.2. The fourth-order valence-electron chi connectivity index (χ4n) is 3.22. The van der Waals surface area contributed by atoms with Crippen LogP contribution < -0.4 is 0 Å². The summed E-state index contributed by atoms with van der Waals surface area (Å²) in [6.07, 6.45) is 3.02. The van der Waals surface area contributed by atoms with Crippen LogP contribution in [0.5, 0.6) is 0 Å². The molecule has 0 spiro atoms. The molecule has 4 rings (SSSR count). The second-order valence-electron chi connectivity index (χ2n) is 5.68. The Morgan fingerprint density at radius 2 is 2.29 bits per heavy atom. The summed E-state index contributed by atoms with van der Waals surface area (Å²) in [5, 5.41) is 2.15. The van der Waals surface area contributed by atoms with Gasteiger partial charge in [0.2, 0.25) is 0 Å². The predicted octanol–water partition coefficient (Wildman–Crippen LogP) is 3.02. The van der Waals surface area contributed by atoms with Crippen LogP contribution in [0.15, 0.2) is 35.8 Å². The first kappa shape index (κ1) is 13.0. The van der Waals surface area contributed by atoms with Gasteiger partial charge in [-0.3, -0.25) is 4.90 Å². The highest BCUT2D eigenvalue weighted by Gasteiger charge is 2.27. The third-order valence-electron chi connectivity index (χ3n) is 4.26. The fourth-order valence-corrected chi connectivity index (χ4v) is 3.96. The minimum absolute atomic E-state index is 0.518. The first-order valence-electron chi connectivity index (χ1n) is 7.33. The summed E-state index contributed by atoms with van der Waals surface area (Å²) >= 11 is 1.84. The molecule has 21 heavy (non-hydrogen) atoms. The lowest BCUT2D eigenvalue weighted by Crippen LogP contribution is -2.19. The minimum Gasteiger partial charge on any atom is -0.316 e. The zero-order chi connectivity index (χ0) is 14.2. The van der Waals surface area contributed by atoms with Gasteiger partial charge in [-0.25, -0.2) is 9.97 Å². The predicted molar refractivity (Wildman–Crippen MR) is 85.5 cm³/mol. The molecule has 0 amide bonds. The van der Waals surface area contributed by atoms with Crippen LogP contribution in [0, 0.1) is 0 Å². The van der Waals surface area contributed by atoms with Crippen molar-refractivity contribution >= 4 is 22.5 Å². The normalized spacial score (nSPS) is 19.6. The van der Waals surface area contributed by atoms with Crippen molar-refractivity contribution in [1.29, 1.82) is 0 Å². The number of aryl methyl sites for hydroxylation is 1. The zero-order valence-electron chi connectivity index (χ0n) is 12.1. The number of rotatable bonds is 3. The molecule has 0 bridgehead atoms. The van der Waals surface area contributed by atoms with Gasteiger partial charge in [-0.05, 0) is 36.5 Å². The van der Waals surface area contributed by atoms with Crippen LogP contribution in [0.1, 0.15) is 23.0 Å². The maximum Gasteiger partial charge on any atom is 0.159 e. The number of thiophene rings is 1. The summed E-state index contributed by atoms with van der Waals surface area (Å²) < 4.78 is 2.16. The SMILES string of the molecule is Cn1c([C@@H]2CCN(Cc3cccs3)C2)nc2cccnc21. The molecule has 3 aromatic rings. The molecule has 3 aromatic heterocycles. The molecule has 1 fully saturated rings. The van der Waals surface area contributed by atoms with Crippen LogP contribution in [-0.2, 0) is 13.6 Å². The molecular formula is C16H18N4S. The number of hydrogen-bond donors (Lipinski definition) is 0. The number of nitrogens with zero attached hydrogens (tertiary/aromatic N) is 4. The third kappa shape index (κ3) is 2.36. The Kier molecular flexibility index (Phi) is 3.24. The van der Waals surface area contributed by atoms with Gasteiger partial charge >= 0.3 is 0 Å². The van der Waals surface area contributed by atoms with E-state index < -0.39 is 0 Å². The highest BCUT2D eigenvalue weighted by Crippen LogP contribution is 2.29. The maximum absolute atomic E-state index is 4.80. The van der Waals surface area contributed by atoms with Gasteiger partial charge in [0.15, 0.2) is 5.65 Å². The lowest BCUT2D eigenvalue weighted by atomic mass is 10.1. The van der Waals surface area contributed by atoms with Gasteiger partial charge in [0.05, 0.1) is 0 Å².